The summed E-state index contributed by atoms with van der Waals surface area (Å²) in [7, 11) is 0. The molecule has 0 spiro atoms. The summed E-state index contributed by atoms with van der Waals surface area (Å²) < 4.78 is 11.7. The first kappa shape index (κ1) is 15.2. The Morgan fingerprint density at radius 2 is 1.62 bits per heavy atom. The maximum Gasteiger partial charge on any atom is 0.154 e. The number of benzene rings is 2. The van der Waals surface area contributed by atoms with Gasteiger partial charge < -0.3 is 15.2 Å². The maximum atomic E-state index is 6.16. The van der Waals surface area contributed by atoms with Gasteiger partial charge in [-0.1, -0.05) is 12.1 Å². The largest absolute Gasteiger partial charge is 0.489 e. The second-order valence-electron chi connectivity index (χ2n) is 5.64. The van der Waals surface area contributed by atoms with Crippen molar-refractivity contribution in [1.82, 2.24) is 0 Å². The van der Waals surface area contributed by atoms with Crippen LogP contribution in [0.2, 0.25) is 0 Å². The van der Waals surface area contributed by atoms with Crippen molar-refractivity contribution < 1.29 is 9.47 Å². The standard InChI is InChI=1S/C18H23NO2/c1-11(2)20-15-7-6-8-16(18(15)19)21-17-10-12(3)9-13(4)14(17)5/h6-11H,19H2,1-5H3. The quantitative estimate of drug-likeness (QED) is 0.823. The van der Waals surface area contributed by atoms with Crippen molar-refractivity contribution in [3.05, 3.63) is 47.0 Å². The molecule has 3 heteroatoms. The number of nitrogens with two attached hydrogens (primary N) is 1. The van der Waals surface area contributed by atoms with Crippen molar-refractivity contribution in [2.45, 2.75) is 40.7 Å². The van der Waals surface area contributed by atoms with E-state index in [2.05, 4.69) is 26.8 Å². The lowest BCUT2D eigenvalue weighted by Gasteiger charge is -2.17. The van der Waals surface area contributed by atoms with Gasteiger partial charge in [-0.25, -0.2) is 0 Å². The van der Waals surface area contributed by atoms with Crippen molar-refractivity contribution in [1.29, 1.82) is 0 Å². The SMILES string of the molecule is Cc1cc(C)c(C)c(Oc2cccc(OC(C)C)c2N)c1. The molecule has 2 aromatic rings. The average molecular weight is 285 g/mol. The molecule has 2 N–H and O–H groups in total. The predicted octanol–water partition coefficient (Wildman–Crippen LogP) is 4.77. The summed E-state index contributed by atoms with van der Waals surface area (Å²) in [6.07, 6.45) is 0.0745. The normalized spacial score (nSPS) is 10.8. The first-order valence-electron chi connectivity index (χ1n) is 7.19. The van der Waals surface area contributed by atoms with Crippen LogP contribution in [0.4, 0.5) is 5.69 Å². The highest BCUT2D eigenvalue weighted by Crippen LogP contribution is 2.36. The number of para-hydroxylation sites is 1. The fourth-order valence-electron chi connectivity index (χ4n) is 2.19. The molecule has 0 aliphatic carbocycles. The molecule has 0 atom stereocenters. The van der Waals surface area contributed by atoms with Gasteiger partial charge in [0.25, 0.3) is 0 Å². The van der Waals surface area contributed by atoms with Gasteiger partial charge in [0.2, 0.25) is 0 Å². The van der Waals surface area contributed by atoms with Crippen LogP contribution in [-0.4, -0.2) is 6.10 Å². The minimum atomic E-state index is 0.0745. The summed E-state index contributed by atoms with van der Waals surface area (Å²) in [6, 6.07) is 9.78. The van der Waals surface area contributed by atoms with Crippen LogP contribution in [0.5, 0.6) is 17.2 Å². The molecule has 0 bridgehead atoms. The van der Waals surface area contributed by atoms with Crippen molar-refractivity contribution in [2.75, 3.05) is 5.73 Å². The first-order chi connectivity index (χ1) is 9.88. The summed E-state index contributed by atoms with van der Waals surface area (Å²) in [6.45, 7) is 10.1. The van der Waals surface area contributed by atoms with Gasteiger partial charge in [-0.3, -0.25) is 0 Å². The van der Waals surface area contributed by atoms with Crippen LogP contribution in [0.25, 0.3) is 0 Å². The Morgan fingerprint density at radius 3 is 2.29 bits per heavy atom. The Morgan fingerprint density at radius 1 is 0.952 bits per heavy atom. The van der Waals surface area contributed by atoms with Crippen LogP contribution < -0.4 is 15.2 Å². The van der Waals surface area contributed by atoms with E-state index in [-0.39, 0.29) is 6.10 Å². The minimum absolute atomic E-state index is 0.0745. The zero-order chi connectivity index (χ0) is 15.6. The lowest BCUT2D eigenvalue weighted by atomic mass is 10.1. The number of hydrogen-bond donors (Lipinski definition) is 1. The van der Waals surface area contributed by atoms with E-state index in [1.807, 2.05) is 38.1 Å². The van der Waals surface area contributed by atoms with Crippen LogP contribution in [0.15, 0.2) is 30.3 Å². The van der Waals surface area contributed by atoms with E-state index in [0.717, 1.165) is 11.3 Å². The minimum Gasteiger partial charge on any atom is -0.489 e. The Bertz CT molecular complexity index is 648. The van der Waals surface area contributed by atoms with Gasteiger partial charge in [-0.2, -0.15) is 0 Å². The molecule has 0 fully saturated rings. The monoisotopic (exact) mass is 285 g/mol. The lowest BCUT2D eigenvalue weighted by molar-refractivity contribution is 0.243. The first-order valence-corrected chi connectivity index (χ1v) is 7.19. The fourth-order valence-corrected chi connectivity index (χ4v) is 2.19. The molecule has 112 valence electrons. The van der Waals surface area contributed by atoms with Crippen LogP contribution in [-0.2, 0) is 0 Å². The van der Waals surface area contributed by atoms with Gasteiger partial charge in [0.15, 0.2) is 5.75 Å². The molecule has 0 saturated heterocycles. The van der Waals surface area contributed by atoms with E-state index in [1.165, 1.54) is 11.1 Å². The van der Waals surface area contributed by atoms with Crippen molar-refractivity contribution >= 4 is 5.69 Å². The van der Waals surface area contributed by atoms with E-state index in [4.69, 9.17) is 15.2 Å². The number of hydrogen-bond acceptors (Lipinski definition) is 3. The highest BCUT2D eigenvalue weighted by atomic mass is 16.5. The summed E-state index contributed by atoms with van der Waals surface area (Å²) in [4.78, 5) is 0. The third kappa shape index (κ3) is 3.48. The molecule has 0 aliphatic rings. The van der Waals surface area contributed by atoms with Gasteiger partial charge in [-0.15, -0.1) is 0 Å². The number of ether oxygens (including phenoxy) is 2. The molecule has 0 saturated carbocycles. The molecular formula is C18H23NO2. The van der Waals surface area contributed by atoms with E-state index < -0.39 is 0 Å². The third-order valence-corrected chi connectivity index (χ3v) is 3.37. The summed E-state index contributed by atoms with van der Waals surface area (Å²) in [5.41, 5.74) is 10.2. The molecule has 0 radical (unpaired) electrons. The zero-order valence-electron chi connectivity index (χ0n) is 13.4. The molecule has 0 aliphatic heterocycles. The number of rotatable bonds is 4. The van der Waals surface area contributed by atoms with Crippen LogP contribution in [0.1, 0.15) is 30.5 Å². The second-order valence-corrected chi connectivity index (χ2v) is 5.64. The van der Waals surface area contributed by atoms with Crippen molar-refractivity contribution in [3.8, 4) is 17.2 Å². The average Bonchev–Trinajstić information content (AvgIpc) is 2.39. The molecule has 3 nitrogen and oxygen atoms in total. The maximum absolute atomic E-state index is 6.16. The summed E-state index contributed by atoms with van der Waals surface area (Å²) >= 11 is 0. The molecule has 0 heterocycles. The summed E-state index contributed by atoms with van der Waals surface area (Å²) in [5.74, 6) is 2.12. The molecular weight excluding hydrogens is 262 g/mol. The van der Waals surface area contributed by atoms with Crippen molar-refractivity contribution in [3.63, 3.8) is 0 Å². The van der Waals surface area contributed by atoms with Gasteiger partial charge in [0, 0.05) is 0 Å². The van der Waals surface area contributed by atoms with Gasteiger partial charge >= 0.3 is 0 Å². The Labute approximate surface area is 126 Å². The topological polar surface area (TPSA) is 44.5 Å². The molecule has 0 aromatic heterocycles. The van der Waals surface area contributed by atoms with Crippen molar-refractivity contribution in [2.24, 2.45) is 0 Å². The smallest absolute Gasteiger partial charge is 0.154 e. The lowest BCUT2D eigenvalue weighted by Crippen LogP contribution is -2.08. The molecule has 2 aromatic carbocycles. The van der Waals surface area contributed by atoms with Gasteiger partial charge in [0.1, 0.15) is 17.2 Å². The zero-order valence-corrected chi connectivity index (χ0v) is 13.4. The number of anilines is 1. The molecule has 0 amide bonds. The highest BCUT2D eigenvalue weighted by Gasteiger charge is 2.11. The van der Waals surface area contributed by atoms with Crippen LogP contribution in [0, 0.1) is 20.8 Å². The summed E-state index contributed by atoms with van der Waals surface area (Å²) in [5, 5.41) is 0. The fraction of sp³-hybridized carbons (Fsp3) is 0.333. The van der Waals surface area contributed by atoms with Gasteiger partial charge in [0.05, 0.1) is 6.10 Å². The molecule has 2 rings (SSSR count). The van der Waals surface area contributed by atoms with E-state index in [0.29, 0.717) is 17.2 Å². The molecule has 0 unspecified atom stereocenters. The Hall–Kier alpha value is -2.16. The molecule has 21 heavy (non-hydrogen) atoms. The predicted molar refractivity (Wildman–Crippen MR) is 87.3 cm³/mol. The number of nitrogen functional groups attached to an aromatic ring is 1. The third-order valence-electron chi connectivity index (χ3n) is 3.37. The Balaban J connectivity index is 2.36. The van der Waals surface area contributed by atoms with Crippen LogP contribution in [0.3, 0.4) is 0 Å². The van der Waals surface area contributed by atoms with Gasteiger partial charge in [-0.05, 0) is 69.5 Å². The van der Waals surface area contributed by atoms with E-state index in [1.54, 1.807) is 0 Å². The Kier molecular flexibility index (Phi) is 4.41. The van der Waals surface area contributed by atoms with E-state index in [9.17, 15) is 0 Å². The van der Waals surface area contributed by atoms with E-state index >= 15 is 0 Å². The van der Waals surface area contributed by atoms with Crippen LogP contribution >= 0.6 is 0 Å². The number of aryl methyl sites for hydroxylation is 2. The second kappa shape index (κ2) is 6.08. The highest BCUT2D eigenvalue weighted by molar-refractivity contribution is 5.64.